The third-order valence-electron chi connectivity index (χ3n) is 3.09. The highest BCUT2D eigenvalue weighted by Crippen LogP contribution is 2.32. The van der Waals surface area contributed by atoms with Crippen molar-refractivity contribution in [2.24, 2.45) is 10.9 Å². The second-order valence-electron chi connectivity index (χ2n) is 5.37. The van der Waals surface area contributed by atoms with E-state index in [4.69, 9.17) is 4.74 Å². The first kappa shape index (κ1) is 12.9. The van der Waals surface area contributed by atoms with Gasteiger partial charge in [0.1, 0.15) is 5.75 Å². The number of benzene rings is 1. The molecule has 1 aromatic rings. The zero-order chi connectivity index (χ0) is 13.1. The molecule has 98 valence electrons. The van der Waals surface area contributed by atoms with Crippen molar-refractivity contribution in [2.45, 2.75) is 26.7 Å². The molecule has 3 nitrogen and oxygen atoms in total. The third kappa shape index (κ3) is 3.49. The van der Waals surface area contributed by atoms with Crippen LogP contribution in [0.4, 0.5) is 5.69 Å². The lowest BCUT2D eigenvalue weighted by Crippen LogP contribution is -2.07. The van der Waals surface area contributed by atoms with Gasteiger partial charge in [-0.3, -0.25) is 0 Å². The SMILES string of the molecule is Cc1cc(OCC2CC2)c(C)cc1/N=C\N(C)C. The number of hydrogen-bond donors (Lipinski definition) is 0. The average Bonchev–Trinajstić information content (AvgIpc) is 3.11. The summed E-state index contributed by atoms with van der Waals surface area (Å²) >= 11 is 0. The monoisotopic (exact) mass is 246 g/mol. The van der Waals surface area contributed by atoms with Gasteiger partial charge >= 0.3 is 0 Å². The molecule has 1 aliphatic carbocycles. The molecule has 18 heavy (non-hydrogen) atoms. The minimum Gasteiger partial charge on any atom is -0.493 e. The fraction of sp³-hybridized carbons (Fsp3) is 0.533. The van der Waals surface area contributed by atoms with Crippen LogP contribution in [0.5, 0.6) is 5.75 Å². The number of hydrogen-bond acceptors (Lipinski definition) is 2. The summed E-state index contributed by atoms with van der Waals surface area (Å²) in [7, 11) is 3.94. The Morgan fingerprint density at radius 2 is 2.00 bits per heavy atom. The molecule has 3 heteroatoms. The molecule has 0 atom stereocenters. The Labute approximate surface area is 109 Å². The van der Waals surface area contributed by atoms with E-state index in [0.717, 1.165) is 35.1 Å². The first-order valence-electron chi connectivity index (χ1n) is 6.51. The Hall–Kier alpha value is -1.51. The van der Waals surface area contributed by atoms with Gasteiger partial charge in [-0.2, -0.15) is 0 Å². The summed E-state index contributed by atoms with van der Waals surface area (Å²) in [5, 5.41) is 0. The summed E-state index contributed by atoms with van der Waals surface area (Å²) in [6.07, 6.45) is 4.47. The van der Waals surface area contributed by atoms with E-state index in [1.54, 1.807) is 0 Å². The fourth-order valence-corrected chi connectivity index (χ4v) is 1.74. The topological polar surface area (TPSA) is 24.8 Å². The third-order valence-corrected chi connectivity index (χ3v) is 3.09. The lowest BCUT2D eigenvalue weighted by atomic mass is 10.1. The molecule has 1 aliphatic rings. The molecule has 0 N–H and O–H groups in total. The first-order valence-corrected chi connectivity index (χ1v) is 6.51. The van der Waals surface area contributed by atoms with Gasteiger partial charge in [0.2, 0.25) is 0 Å². The molecular formula is C15H22N2O. The molecule has 2 rings (SSSR count). The van der Waals surface area contributed by atoms with Gasteiger partial charge in [-0.1, -0.05) is 0 Å². The van der Waals surface area contributed by atoms with Crippen molar-refractivity contribution in [3.8, 4) is 5.75 Å². The molecule has 0 radical (unpaired) electrons. The molecule has 1 saturated carbocycles. The molecule has 0 aliphatic heterocycles. The average molecular weight is 246 g/mol. The summed E-state index contributed by atoms with van der Waals surface area (Å²) in [4.78, 5) is 6.40. The van der Waals surface area contributed by atoms with E-state index in [9.17, 15) is 0 Å². The Morgan fingerprint density at radius 3 is 2.61 bits per heavy atom. The van der Waals surface area contributed by atoms with Gasteiger partial charge in [-0.25, -0.2) is 4.99 Å². The maximum absolute atomic E-state index is 5.86. The lowest BCUT2D eigenvalue weighted by Gasteiger charge is -2.11. The van der Waals surface area contributed by atoms with Crippen LogP contribution in [0, 0.1) is 19.8 Å². The normalized spacial score (nSPS) is 15.1. The largest absolute Gasteiger partial charge is 0.493 e. The molecule has 0 aromatic heterocycles. The minimum atomic E-state index is 0.788. The van der Waals surface area contributed by atoms with Gasteiger partial charge < -0.3 is 9.64 Å². The van der Waals surface area contributed by atoms with Gasteiger partial charge in [0.05, 0.1) is 18.6 Å². The highest BCUT2D eigenvalue weighted by Gasteiger charge is 2.22. The maximum atomic E-state index is 5.86. The molecular weight excluding hydrogens is 224 g/mol. The fourth-order valence-electron chi connectivity index (χ4n) is 1.74. The molecule has 0 amide bonds. The van der Waals surface area contributed by atoms with Crippen LogP contribution in [0.1, 0.15) is 24.0 Å². The van der Waals surface area contributed by atoms with E-state index >= 15 is 0 Å². The van der Waals surface area contributed by atoms with E-state index in [0.29, 0.717) is 0 Å². The van der Waals surface area contributed by atoms with Crippen molar-refractivity contribution in [2.75, 3.05) is 20.7 Å². The van der Waals surface area contributed by atoms with Crippen LogP contribution < -0.4 is 4.74 Å². The van der Waals surface area contributed by atoms with E-state index in [2.05, 4.69) is 31.0 Å². The van der Waals surface area contributed by atoms with Crippen LogP contribution in [-0.2, 0) is 0 Å². The quantitative estimate of drug-likeness (QED) is 0.588. The van der Waals surface area contributed by atoms with Crippen LogP contribution in [0.25, 0.3) is 0 Å². The molecule has 0 unspecified atom stereocenters. The Balaban J connectivity index is 2.11. The van der Waals surface area contributed by atoms with E-state index in [1.807, 2.05) is 25.3 Å². The van der Waals surface area contributed by atoms with Crippen LogP contribution in [0.2, 0.25) is 0 Å². The highest BCUT2D eigenvalue weighted by molar-refractivity contribution is 5.64. The predicted octanol–water partition coefficient (Wildman–Crippen LogP) is 3.31. The smallest absolute Gasteiger partial charge is 0.122 e. The molecule has 0 bridgehead atoms. The molecule has 1 fully saturated rings. The maximum Gasteiger partial charge on any atom is 0.122 e. The zero-order valence-corrected chi connectivity index (χ0v) is 11.7. The van der Waals surface area contributed by atoms with Crippen molar-refractivity contribution < 1.29 is 4.74 Å². The first-order chi connectivity index (χ1) is 8.56. The van der Waals surface area contributed by atoms with Crippen LogP contribution in [0.3, 0.4) is 0 Å². The molecule has 1 aromatic carbocycles. The Morgan fingerprint density at radius 1 is 1.28 bits per heavy atom. The van der Waals surface area contributed by atoms with Crippen LogP contribution in [0.15, 0.2) is 17.1 Å². The van der Waals surface area contributed by atoms with Crippen LogP contribution >= 0.6 is 0 Å². The summed E-state index contributed by atoms with van der Waals surface area (Å²) < 4.78 is 5.86. The molecule has 0 heterocycles. The van der Waals surface area contributed by atoms with Crippen molar-refractivity contribution in [3.63, 3.8) is 0 Å². The Kier molecular flexibility index (Phi) is 3.90. The second-order valence-corrected chi connectivity index (χ2v) is 5.37. The number of aryl methyl sites for hydroxylation is 2. The Bertz CT molecular complexity index is 448. The van der Waals surface area contributed by atoms with Gasteiger partial charge in [-0.05, 0) is 55.9 Å². The predicted molar refractivity (Wildman–Crippen MR) is 76.0 cm³/mol. The standard InChI is InChI=1S/C15H22N2O/c1-11-8-15(18-9-13-5-6-13)12(2)7-14(11)16-10-17(3)4/h7-8,10,13H,5-6,9H2,1-4H3/b16-10-. The van der Waals surface area contributed by atoms with E-state index in [1.165, 1.54) is 12.8 Å². The summed E-state index contributed by atoms with van der Waals surface area (Å²) in [6.45, 7) is 5.02. The summed E-state index contributed by atoms with van der Waals surface area (Å²) in [5.41, 5.74) is 3.33. The number of rotatable bonds is 5. The van der Waals surface area contributed by atoms with E-state index < -0.39 is 0 Å². The van der Waals surface area contributed by atoms with E-state index in [-0.39, 0.29) is 0 Å². The number of aliphatic imine (C=N–C) groups is 1. The minimum absolute atomic E-state index is 0.788. The van der Waals surface area contributed by atoms with Gasteiger partial charge in [-0.15, -0.1) is 0 Å². The van der Waals surface area contributed by atoms with Crippen molar-refractivity contribution in [1.82, 2.24) is 4.90 Å². The molecule has 0 spiro atoms. The second kappa shape index (κ2) is 5.42. The number of nitrogens with zero attached hydrogens (tertiary/aromatic N) is 2. The summed E-state index contributed by atoms with van der Waals surface area (Å²) in [5.74, 6) is 1.79. The van der Waals surface area contributed by atoms with Gasteiger partial charge in [0.25, 0.3) is 0 Å². The van der Waals surface area contributed by atoms with Crippen molar-refractivity contribution in [1.29, 1.82) is 0 Å². The van der Waals surface area contributed by atoms with Gasteiger partial charge in [0.15, 0.2) is 0 Å². The van der Waals surface area contributed by atoms with Crippen LogP contribution in [-0.4, -0.2) is 31.9 Å². The lowest BCUT2D eigenvalue weighted by molar-refractivity contribution is 0.297. The zero-order valence-electron chi connectivity index (χ0n) is 11.7. The number of ether oxygens (including phenoxy) is 1. The van der Waals surface area contributed by atoms with Crippen molar-refractivity contribution >= 4 is 12.0 Å². The highest BCUT2D eigenvalue weighted by atomic mass is 16.5. The summed E-state index contributed by atoms with van der Waals surface area (Å²) in [6, 6.07) is 4.19. The van der Waals surface area contributed by atoms with Gasteiger partial charge in [0, 0.05) is 14.1 Å². The van der Waals surface area contributed by atoms with Crippen molar-refractivity contribution in [3.05, 3.63) is 23.3 Å². The molecule has 0 saturated heterocycles.